The molecule has 1 aromatic carbocycles. The first-order chi connectivity index (χ1) is 11.1. The number of rotatable bonds is 7. The van der Waals surface area contributed by atoms with E-state index in [0.29, 0.717) is 31.1 Å². The number of nitrogens with two attached hydrogens (primary N) is 1. The maximum Gasteiger partial charge on any atom is 0.407 e. The highest BCUT2D eigenvalue weighted by Gasteiger charge is 2.20. The lowest BCUT2D eigenvalue weighted by Gasteiger charge is -2.24. The molecule has 0 unspecified atom stereocenters. The van der Waals surface area contributed by atoms with Crippen molar-refractivity contribution in [3.63, 3.8) is 0 Å². The Kier molecular flexibility index (Phi) is 7.07. The number of Topliss-reactive ketones (excluding diaryl/α,β-unsaturated/α-hetero) is 1. The molecule has 0 bridgehead atoms. The van der Waals surface area contributed by atoms with Crippen LogP contribution in [0.2, 0.25) is 0 Å². The van der Waals surface area contributed by atoms with Crippen LogP contribution in [0.15, 0.2) is 30.3 Å². The van der Waals surface area contributed by atoms with E-state index in [1.165, 1.54) is 0 Å². The molecule has 1 fully saturated rings. The van der Waals surface area contributed by atoms with Gasteiger partial charge in [0.25, 0.3) is 0 Å². The third kappa shape index (κ3) is 6.82. The third-order valence-corrected chi connectivity index (χ3v) is 4.30. The molecule has 2 rings (SSSR count). The molecular weight excluding hydrogens is 292 g/mol. The quantitative estimate of drug-likeness (QED) is 0.810. The number of benzene rings is 1. The van der Waals surface area contributed by atoms with Gasteiger partial charge >= 0.3 is 6.09 Å². The Morgan fingerprint density at radius 3 is 2.65 bits per heavy atom. The molecule has 1 aromatic rings. The number of hydrogen-bond acceptors (Lipinski definition) is 4. The summed E-state index contributed by atoms with van der Waals surface area (Å²) in [4.78, 5) is 22.8. The van der Waals surface area contributed by atoms with Gasteiger partial charge in [-0.2, -0.15) is 0 Å². The first kappa shape index (κ1) is 17.5. The van der Waals surface area contributed by atoms with Crippen molar-refractivity contribution in [2.24, 2.45) is 11.7 Å². The first-order valence-electron chi connectivity index (χ1n) is 8.35. The van der Waals surface area contributed by atoms with Crippen LogP contribution in [0.3, 0.4) is 0 Å². The maximum absolute atomic E-state index is 11.6. The minimum atomic E-state index is -0.413. The van der Waals surface area contributed by atoms with E-state index in [1.54, 1.807) is 0 Å². The summed E-state index contributed by atoms with van der Waals surface area (Å²) >= 11 is 0. The second-order valence-corrected chi connectivity index (χ2v) is 6.26. The Morgan fingerprint density at radius 2 is 1.96 bits per heavy atom. The molecule has 0 saturated heterocycles. The number of ether oxygens (including phenoxy) is 1. The van der Waals surface area contributed by atoms with Crippen molar-refractivity contribution >= 4 is 11.9 Å². The predicted molar refractivity (Wildman–Crippen MR) is 88.8 cm³/mol. The van der Waals surface area contributed by atoms with Crippen molar-refractivity contribution < 1.29 is 14.3 Å². The van der Waals surface area contributed by atoms with Crippen LogP contribution in [-0.4, -0.2) is 24.5 Å². The highest BCUT2D eigenvalue weighted by molar-refractivity contribution is 5.79. The fourth-order valence-electron chi connectivity index (χ4n) is 2.92. The van der Waals surface area contributed by atoms with Gasteiger partial charge in [0, 0.05) is 25.4 Å². The van der Waals surface area contributed by atoms with Gasteiger partial charge in [0.1, 0.15) is 12.4 Å². The van der Waals surface area contributed by atoms with E-state index in [0.717, 1.165) is 31.2 Å². The molecule has 0 aliphatic heterocycles. The molecule has 0 heterocycles. The number of carbonyl (C=O) groups is 2. The van der Waals surface area contributed by atoms with E-state index in [-0.39, 0.29) is 12.6 Å². The van der Waals surface area contributed by atoms with Gasteiger partial charge in [-0.1, -0.05) is 30.3 Å². The van der Waals surface area contributed by atoms with Crippen molar-refractivity contribution in [1.29, 1.82) is 0 Å². The largest absolute Gasteiger partial charge is 0.445 e. The average molecular weight is 318 g/mol. The Bertz CT molecular complexity index is 494. The zero-order chi connectivity index (χ0) is 16.5. The van der Waals surface area contributed by atoms with Gasteiger partial charge in [-0.15, -0.1) is 0 Å². The predicted octanol–water partition coefficient (Wildman–Crippen LogP) is 2.78. The van der Waals surface area contributed by atoms with Crippen LogP contribution >= 0.6 is 0 Å². The molecule has 0 aromatic heterocycles. The van der Waals surface area contributed by atoms with Gasteiger partial charge in [-0.05, 0) is 37.2 Å². The van der Waals surface area contributed by atoms with Gasteiger partial charge in [0.2, 0.25) is 0 Å². The van der Waals surface area contributed by atoms with Crippen molar-refractivity contribution in [2.75, 3.05) is 6.54 Å². The summed E-state index contributed by atoms with van der Waals surface area (Å²) in [5.74, 6) is 0.922. The van der Waals surface area contributed by atoms with Gasteiger partial charge in [-0.25, -0.2) is 4.79 Å². The molecule has 5 nitrogen and oxygen atoms in total. The van der Waals surface area contributed by atoms with Crippen molar-refractivity contribution in [1.82, 2.24) is 5.32 Å². The molecule has 1 aliphatic carbocycles. The van der Waals surface area contributed by atoms with Gasteiger partial charge in [0.15, 0.2) is 0 Å². The van der Waals surface area contributed by atoms with E-state index in [1.807, 2.05) is 30.3 Å². The van der Waals surface area contributed by atoms with Crippen LogP contribution in [-0.2, 0) is 16.1 Å². The second-order valence-electron chi connectivity index (χ2n) is 6.26. The third-order valence-electron chi connectivity index (χ3n) is 4.30. The second kappa shape index (κ2) is 9.30. The topological polar surface area (TPSA) is 81.4 Å². The fourth-order valence-corrected chi connectivity index (χ4v) is 2.92. The molecule has 1 amide bonds. The lowest BCUT2D eigenvalue weighted by molar-refractivity contribution is -0.121. The fraction of sp³-hybridized carbons (Fsp3) is 0.556. The summed E-state index contributed by atoms with van der Waals surface area (Å²) in [6, 6.07) is 9.63. The number of hydrogen-bond donors (Lipinski definition) is 2. The number of amides is 1. The van der Waals surface area contributed by atoms with E-state index in [4.69, 9.17) is 10.5 Å². The monoisotopic (exact) mass is 318 g/mol. The first-order valence-corrected chi connectivity index (χ1v) is 8.35. The zero-order valence-electron chi connectivity index (χ0n) is 13.5. The smallest absolute Gasteiger partial charge is 0.407 e. The number of ketones is 1. The van der Waals surface area contributed by atoms with E-state index in [9.17, 15) is 9.59 Å². The highest BCUT2D eigenvalue weighted by Crippen LogP contribution is 2.25. The van der Waals surface area contributed by atoms with Crippen LogP contribution < -0.4 is 11.1 Å². The van der Waals surface area contributed by atoms with Crippen LogP contribution in [0.25, 0.3) is 0 Å². The molecule has 23 heavy (non-hydrogen) atoms. The average Bonchev–Trinajstić information content (AvgIpc) is 2.56. The van der Waals surface area contributed by atoms with E-state index < -0.39 is 6.09 Å². The molecule has 0 spiro atoms. The molecule has 5 heteroatoms. The molecule has 3 N–H and O–H groups in total. The van der Waals surface area contributed by atoms with Crippen LogP contribution in [0.4, 0.5) is 4.79 Å². The summed E-state index contributed by atoms with van der Waals surface area (Å²) in [5, 5.41) is 2.73. The Labute approximate surface area is 137 Å². The molecule has 0 radical (unpaired) electrons. The van der Waals surface area contributed by atoms with E-state index >= 15 is 0 Å². The van der Waals surface area contributed by atoms with Crippen LogP contribution in [0.5, 0.6) is 0 Å². The SMILES string of the molecule is N[C@H](CCNC(=O)OCc1ccccc1)CC1CCC(=O)CC1. The Balaban J connectivity index is 1.55. The summed E-state index contributed by atoms with van der Waals surface area (Å²) in [6.07, 6.45) is 4.55. The molecular formula is C18H26N2O3. The molecule has 1 aliphatic rings. The van der Waals surface area contributed by atoms with Crippen molar-refractivity contribution in [3.05, 3.63) is 35.9 Å². The molecule has 1 atom stereocenters. The highest BCUT2D eigenvalue weighted by atomic mass is 16.5. The van der Waals surface area contributed by atoms with Gasteiger partial charge in [-0.3, -0.25) is 4.79 Å². The number of alkyl carbamates (subject to hydrolysis) is 1. The molecule has 1 saturated carbocycles. The summed E-state index contributed by atoms with van der Waals surface area (Å²) in [5.41, 5.74) is 7.08. The Hall–Kier alpha value is -1.88. The minimum Gasteiger partial charge on any atom is -0.445 e. The summed E-state index contributed by atoms with van der Waals surface area (Å²) in [6.45, 7) is 0.787. The minimum absolute atomic E-state index is 0.0580. The standard InChI is InChI=1S/C18H26N2O3/c19-16(12-14-6-8-17(21)9-7-14)10-11-20-18(22)23-13-15-4-2-1-3-5-15/h1-5,14,16H,6-13,19H2,(H,20,22)/t16-/m1/s1. The van der Waals surface area contributed by atoms with Crippen LogP contribution in [0, 0.1) is 5.92 Å². The summed E-state index contributed by atoms with van der Waals surface area (Å²) < 4.78 is 5.14. The van der Waals surface area contributed by atoms with Gasteiger partial charge in [0.05, 0.1) is 0 Å². The lowest BCUT2D eigenvalue weighted by atomic mass is 9.84. The maximum atomic E-state index is 11.6. The lowest BCUT2D eigenvalue weighted by Crippen LogP contribution is -2.32. The number of nitrogens with one attached hydrogen (secondary N) is 1. The number of carbonyl (C=O) groups excluding carboxylic acids is 2. The molecule has 126 valence electrons. The van der Waals surface area contributed by atoms with Gasteiger partial charge < -0.3 is 15.8 Å². The normalized spacial score (nSPS) is 16.8. The Morgan fingerprint density at radius 1 is 1.26 bits per heavy atom. The van der Waals surface area contributed by atoms with E-state index in [2.05, 4.69) is 5.32 Å². The zero-order valence-corrected chi connectivity index (χ0v) is 13.5. The van der Waals surface area contributed by atoms with Crippen molar-refractivity contribution in [3.8, 4) is 0 Å². The van der Waals surface area contributed by atoms with Crippen LogP contribution in [0.1, 0.15) is 44.1 Å². The summed E-state index contributed by atoms with van der Waals surface area (Å²) in [7, 11) is 0. The van der Waals surface area contributed by atoms with Crippen molar-refractivity contribution in [2.45, 2.75) is 51.2 Å².